The zero-order valence-corrected chi connectivity index (χ0v) is 15.7. The molecule has 3 rings (SSSR count). The quantitative estimate of drug-likeness (QED) is 0.656. The molecule has 2 amide bonds. The fraction of sp³-hybridized carbons (Fsp3) is 0.167. The maximum atomic E-state index is 12.2. The van der Waals surface area contributed by atoms with Crippen LogP contribution in [0.15, 0.2) is 59.8 Å². The minimum atomic E-state index is -0.186. The molecule has 1 aromatic heterocycles. The van der Waals surface area contributed by atoms with Gasteiger partial charge in [0.25, 0.3) is 5.91 Å². The minimum absolute atomic E-state index is 0.0869. The van der Waals surface area contributed by atoms with Crippen LogP contribution in [0, 0.1) is 0 Å². The Morgan fingerprint density at radius 1 is 1.07 bits per heavy atom. The monoisotopic (exact) mass is 382 g/mol. The Hall–Kier alpha value is -3.20. The van der Waals surface area contributed by atoms with Crippen LogP contribution in [0.3, 0.4) is 0 Å². The molecule has 0 fully saturated rings. The lowest BCUT2D eigenvalue weighted by atomic mass is 10.2. The van der Waals surface area contributed by atoms with Crippen LogP contribution in [0.2, 0.25) is 0 Å². The summed E-state index contributed by atoms with van der Waals surface area (Å²) in [5.74, 6) is -0.114. The molecular weight excluding hydrogens is 364 g/mol. The number of hydrogen-bond acceptors (Lipinski definition) is 6. The fourth-order valence-electron chi connectivity index (χ4n) is 2.28. The van der Waals surface area contributed by atoms with E-state index in [1.807, 2.05) is 30.3 Å². The van der Waals surface area contributed by atoms with Gasteiger partial charge >= 0.3 is 0 Å². The third-order valence-electron chi connectivity index (χ3n) is 3.60. The molecule has 138 valence electrons. The molecule has 1 heterocycles. The van der Waals surface area contributed by atoms with Crippen molar-refractivity contribution in [1.29, 1.82) is 0 Å². The first-order chi connectivity index (χ1) is 13.0. The highest BCUT2D eigenvalue weighted by Crippen LogP contribution is 2.18. The molecule has 8 nitrogen and oxygen atoms in total. The van der Waals surface area contributed by atoms with E-state index in [1.165, 1.54) is 16.7 Å². The summed E-state index contributed by atoms with van der Waals surface area (Å²) in [4.78, 5) is 25.6. The summed E-state index contributed by atoms with van der Waals surface area (Å²) in [7, 11) is 3.39. The molecule has 0 atom stereocenters. The molecule has 0 spiro atoms. The Balaban J connectivity index is 1.58. The molecule has 0 aliphatic rings. The van der Waals surface area contributed by atoms with Crippen molar-refractivity contribution in [3.63, 3.8) is 0 Å². The van der Waals surface area contributed by atoms with Crippen molar-refractivity contribution < 1.29 is 9.59 Å². The van der Waals surface area contributed by atoms with Crippen LogP contribution in [0.1, 0.15) is 10.4 Å². The van der Waals surface area contributed by atoms with Crippen LogP contribution in [0.4, 0.5) is 5.69 Å². The van der Waals surface area contributed by atoms with E-state index in [4.69, 9.17) is 0 Å². The number of tetrazole rings is 1. The van der Waals surface area contributed by atoms with Gasteiger partial charge in [-0.05, 0) is 46.8 Å². The molecule has 3 aromatic rings. The molecule has 9 heteroatoms. The fourth-order valence-corrected chi connectivity index (χ4v) is 2.97. The topological polar surface area (TPSA) is 93.0 Å². The van der Waals surface area contributed by atoms with E-state index in [9.17, 15) is 9.59 Å². The number of benzene rings is 2. The summed E-state index contributed by atoms with van der Waals surface area (Å²) in [5.41, 5.74) is 2.01. The van der Waals surface area contributed by atoms with Gasteiger partial charge in [-0.2, -0.15) is 4.68 Å². The van der Waals surface area contributed by atoms with Crippen molar-refractivity contribution in [1.82, 2.24) is 25.1 Å². The van der Waals surface area contributed by atoms with E-state index in [2.05, 4.69) is 20.8 Å². The lowest BCUT2D eigenvalue weighted by Crippen LogP contribution is -2.21. The smallest absolute Gasteiger partial charge is 0.253 e. The van der Waals surface area contributed by atoms with Crippen LogP contribution in [0.25, 0.3) is 5.69 Å². The number of nitrogens with zero attached hydrogens (tertiary/aromatic N) is 5. The maximum absolute atomic E-state index is 12.2. The van der Waals surface area contributed by atoms with Crippen molar-refractivity contribution in [2.24, 2.45) is 0 Å². The number of thioether (sulfide) groups is 1. The number of rotatable bonds is 6. The van der Waals surface area contributed by atoms with Crippen LogP contribution < -0.4 is 5.32 Å². The standard InChI is InChI=1S/C18H18N6O2S/c1-23(2)17(26)13-8-10-14(11-9-13)19-16(25)12-27-18-20-21-22-24(18)15-6-4-3-5-7-15/h3-11H,12H2,1-2H3,(H,19,25). The molecule has 1 N–H and O–H groups in total. The lowest BCUT2D eigenvalue weighted by molar-refractivity contribution is -0.113. The van der Waals surface area contributed by atoms with Gasteiger partial charge in [-0.15, -0.1) is 5.10 Å². The first-order valence-corrected chi connectivity index (χ1v) is 9.11. The van der Waals surface area contributed by atoms with Gasteiger partial charge in [0.1, 0.15) is 0 Å². The Labute approximate surface area is 160 Å². The normalized spacial score (nSPS) is 10.4. The zero-order valence-electron chi connectivity index (χ0n) is 14.9. The van der Waals surface area contributed by atoms with Gasteiger partial charge in [0.2, 0.25) is 11.1 Å². The summed E-state index contributed by atoms with van der Waals surface area (Å²) in [5, 5.41) is 14.9. The van der Waals surface area contributed by atoms with Gasteiger partial charge in [-0.1, -0.05) is 30.0 Å². The van der Waals surface area contributed by atoms with E-state index in [0.29, 0.717) is 16.4 Å². The second kappa shape index (κ2) is 8.45. The molecule has 0 aliphatic carbocycles. The van der Waals surface area contributed by atoms with Gasteiger partial charge in [0.15, 0.2) is 0 Å². The number of carbonyl (C=O) groups is 2. The molecular formula is C18H18N6O2S. The number of anilines is 1. The average molecular weight is 382 g/mol. The average Bonchev–Trinajstić information content (AvgIpc) is 3.15. The van der Waals surface area contributed by atoms with E-state index < -0.39 is 0 Å². The molecule has 0 bridgehead atoms. The summed E-state index contributed by atoms with van der Waals surface area (Å²) in [6.45, 7) is 0. The largest absolute Gasteiger partial charge is 0.345 e. The van der Waals surface area contributed by atoms with Crippen molar-refractivity contribution in [2.45, 2.75) is 5.16 Å². The Bertz CT molecular complexity index is 925. The Morgan fingerprint density at radius 3 is 2.44 bits per heavy atom. The van der Waals surface area contributed by atoms with E-state index in [0.717, 1.165) is 5.69 Å². The Morgan fingerprint density at radius 2 is 1.78 bits per heavy atom. The Kier molecular flexibility index (Phi) is 5.82. The van der Waals surface area contributed by atoms with Gasteiger partial charge in [-0.3, -0.25) is 9.59 Å². The summed E-state index contributed by atoms with van der Waals surface area (Å²) >= 11 is 1.24. The lowest BCUT2D eigenvalue weighted by Gasteiger charge is -2.11. The maximum Gasteiger partial charge on any atom is 0.253 e. The van der Waals surface area contributed by atoms with E-state index in [1.54, 1.807) is 43.0 Å². The van der Waals surface area contributed by atoms with E-state index >= 15 is 0 Å². The highest BCUT2D eigenvalue weighted by Gasteiger charge is 2.12. The zero-order chi connectivity index (χ0) is 19.2. The summed E-state index contributed by atoms with van der Waals surface area (Å²) in [6.07, 6.45) is 0. The molecule has 2 aromatic carbocycles. The molecule has 27 heavy (non-hydrogen) atoms. The van der Waals surface area contributed by atoms with Crippen LogP contribution in [-0.4, -0.2) is 56.8 Å². The third-order valence-corrected chi connectivity index (χ3v) is 4.52. The van der Waals surface area contributed by atoms with Gasteiger partial charge in [-0.25, -0.2) is 0 Å². The number of nitrogens with one attached hydrogen (secondary N) is 1. The molecule has 0 saturated carbocycles. The van der Waals surface area contributed by atoms with Gasteiger partial charge < -0.3 is 10.2 Å². The number of amides is 2. The SMILES string of the molecule is CN(C)C(=O)c1ccc(NC(=O)CSc2nnnn2-c2ccccc2)cc1. The second-order valence-electron chi connectivity index (χ2n) is 5.82. The van der Waals surface area contributed by atoms with Crippen molar-refractivity contribution >= 4 is 29.3 Å². The van der Waals surface area contributed by atoms with Crippen molar-refractivity contribution in [3.05, 3.63) is 60.2 Å². The highest BCUT2D eigenvalue weighted by atomic mass is 32.2. The minimum Gasteiger partial charge on any atom is -0.345 e. The van der Waals surface area contributed by atoms with Crippen molar-refractivity contribution in [2.75, 3.05) is 25.2 Å². The van der Waals surface area contributed by atoms with Crippen LogP contribution in [0.5, 0.6) is 0 Å². The molecule has 0 aliphatic heterocycles. The van der Waals surface area contributed by atoms with Gasteiger partial charge in [0, 0.05) is 25.3 Å². The predicted molar refractivity (Wildman–Crippen MR) is 103 cm³/mol. The van der Waals surface area contributed by atoms with Crippen molar-refractivity contribution in [3.8, 4) is 5.69 Å². The van der Waals surface area contributed by atoms with Gasteiger partial charge in [0.05, 0.1) is 11.4 Å². The first-order valence-electron chi connectivity index (χ1n) is 8.13. The molecule has 0 unspecified atom stereocenters. The third kappa shape index (κ3) is 4.70. The number of para-hydroxylation sites is 1. The predicted octanol–water partition coefficient (Wildman–Crippen LogP) is 2.09. The summed E-state index contributed by atoms with van der Waals surface area (Å²) < 4.78 is 1.58. The number of hydrogen-bond donors (Lipinski definition) is 1. The van der Waals surface area contributed by atoms with E-state index in [-0.39, 0.29) is 17.6 Å². The first kappa shape index (κ1) is 18.6. The van der Waals surface area contributed by atoms with Crippen LogP contribution in [-0.2, 0) is 4.79 Å². The second-order valence-corrected chi connectivity index (χ2v) is 6.77. The number of aromatic nitrogens is 4. The summed E-state index contributed by atoms with van der Waals surface area (Å²) in [6, 6.07) is 16.2. The highest BCUT2D eigenvalue weighted by molar-refractivity contribution is 7.99. The molecule has 0 saturated heterocycles. The molecule has 0 radical (unpaired) electrons. The van der Waals surface area contributed by atoms with Crippen LogP contribution >= 0.6 is 11.8 Å². The number of carbonyl (C=O) groups excluding carboxylic acids is 2.